The second-order valence-electron chi connectivity index (χ2n) is 3.21. The molecule has 0 spiro atoms. The highest BCUT2D eigenvalue weighted by atomic mass is 19.4. The first-order valence-corrected chi connectivity index (χ1v) is 4.00. The molecule has 1 rings (SSSR count). The third-order valence-electron chi connectivity index (χ3n) is 1.86. The minimum Gasteiger partial charge on any atom is -0.312 e. The molecule has 0 aliphatic carbocycles. The van der Waals surface area contributed by atoms with Crippen LogP contribution in [0.2, 0.25) is 0 Å². The average molecular weight is 182 g/mol. The molecule has 0 saturated carbocycles. The number of piperazine rings is 1. The summed E-state index contributed by atoms with van der Waals surface area (Å²) in [4.78, 5) is 1.43. The van der Waals surface area contributed by atoms with E-state index in [1.54, 1.807) is 0 Å². The zero-order valence-corrected chi connectivity index (χ0v) is 6.99. The molecule has 1 heterocycles. The molecule has 1 atom stereocenters. The minimum atomic E-state index is -4.06. The van der Waals surface area contributed by atoms with Crippen molar-refractivity contribution in [3.8, 4) is 0 Å². The molecule has 0 radical (unpaired) electrons. The molecule has 0 aromatic carbocycles. The molecular formula is C7H13F3N2. The summed E-state index contributed by atoms with van der Waals surface area (Å²) in [5.41, 5.74) is 0. The number of nitrogens with one attached hydrogen (secondary N) is 1. The topological polar surface area (TPSA) is 15.3 Å². The molecule has 1 aliphatic rings. The summed E-state index contributed by atoms with van der Waals surface area (Å²) in [6, 6.07) is 0.168. The Morgan fingerprint density at radius 1 is 1.50 bits per heavy atom. The molecule has 5 heteroatoms. The van der Waals surface area contributed by atoms with Crippen LogP contribution >= 0.6 is 0 Å². The maximum atomic E-state index is 11.9. The van der Waals surface area contributed by atoms with Gasteiger partial charge in [0.05, 0.1) is 6.54 Å². The van der Waals surface area contributed by atoms with E-state index in [0.29, 0.717) is 19.6 Å². The van der Waals surface area contributed by atoms with Crippen LogP contribution < -0.4 is 5.32 Å². The molecule has 0 aromatic heterocycles. The fraction of sp³-hybridized carbons (Fsp3) is 1.00. The van der Waals surface area contributed by atoms with Gasteiger partial charge in [-0.15, -0.1) is 0 Å². The monoisotopic (exact) mass is 182 g/mol. The fourth-order valence-corrected chi connectivity index (χ4v) is 1.41. The highest BCUT2D eigenvalue weighted by Gasteiger charge is 2.31. The molecular weight excluding hydrogens is 169 g/mol. The van der Waals surface area contributed by atoms with Crippen LogP contribution in [0.1, 0.15) is 6.92 Å². The van der Waals surface area contributed by atoms with Crippen LogP contribution in [0, 0.1) is 0 Å². The molecule has 0 aromatic rings. The van der Waals surface area contributed by atoms with Crippen LogP contribution in [0.5, 0.6) is 0 Å². The first-order valence-electron chi connectivity index (χ1n) is 4.00. The molecule has 12 heavy (non-hydrogen) atoms. The van der Waals surface area contributed by atoms with Gasteiger partial charge in [0.25, 0.3) is 0 Å². The van der Waals surface area contributed by atoms with Crippen LogP contribution in [-0.2, 0) is 0 Å². The average Bonchev–Trinajstić information content (AvgIpc) is 1.82. The second-order valence-corrected chi connectivity index (χ2v) is 3.21. The predicted molar refractivity (Wildman–Crippen MR) is 40.0 cm³/mol. The molecule has 2 nitrogen and oxygen atoms in total. The summed E-state index contributed by atoms with van der Waals surface area (Å²) < 4.78 is 35.7. The zero-order chi connectivity index (χ0) is 9.19. The fourth-order valence-electron chi connectivity index (χ4n) is 1.41. The Morgan fingerprint density at radius 3 is 2.67 bits per heavy atom. The van der Waals surface area contributed by atoms with Gasteiger partial charge in [-0.05, 0) is 6.92 Å². The van der Waals surface area contributed by atoms with Gasteiger partial charge in [0.1, 0.15) is 0 Å². The van der Waals surface area contributed by atoms with Gasteiger partial charge in [0.15, 0.2) is 0 Å². The van der Waals surface area contributed by atoms with E-state index in [1.807, 2.05) is 6.92 Å². The van der Waals surface area contributed by atoms with E-state index < -0.39 is 12.7 Å². The second kappa shape index (κ2) is 3.62. The first kappa shape index (κ1) is 9.80. The standard InChI is InChI=1S/C7H13F3N2/c1-6-4-12(3-2-11-6)5-7(8,9)10/h6,11H,2-5H2,1H3/t6-/m0/s1. The van der Waals surface area contributed by atoms with Crippen LogP contribution in [0.4, 0.5) is 13.2 Å². The van der Waals surface area contributed by atoms with Crippen LogP contribution in [-0.4, -0.2) is 43.3 Å². The van der Waals surface area contributed by atoms with E-state index in [2.05, 4.69) is 5.32 Å². The van der Waals surface area contributed by atoms with Crippen molar-refractivity contribution >= 4 is 0 Å². The summed E-state index contributed by atoms with van der Waals surface area (Å²) in [7, 11) is 0. The Morgan fingerprint density at radius 2 is 2.17 bits per heavy atom. The van der Waals surface area contributed by atoms with Gasteiger partial charge in [0, 0.05) is 25.7 Å². The van der Waals surface area contributed by atoms with Crippen molar-refractivity contribution in [1.29, 1.82) is 0 Å². The number of hydrogen-bond acceptors (Lipinski definition) is 2. The SMILES string of the molecule is C[C@H]1CN(CC(F)(F)F)CCN1. The molecule has 0 unspecified atom stereocenters. The van der Waals surface area contributed by atoms with E-state index in [1.165, 1.54) is 4.90 Å². The molecule has 1 aliphatic heterocycles. The third-order valence-corrected chi connectivity index (χ3v) is 1.86. The van der Waals surface area contributed by atoms with Gasteiger partial charge < -0.3 is 5.32 Å². The van der Waals surface area contributed by atoms with E-state index in [0.717, 1.165) is 0 Å². The van der Waals surface area contributed by atoms with Crippen LogP contribution in [0.25, 0.3) is 0 Å². The molecule has 0 bridgehead atoms. The number of hydrogen-bond donors (Lipinski definition) is 1. The minimum absolute atomic E-state index is 0.168. The van der Waals surface area contributed by atoms with Gasteiger partial charge in [-0.3, -0.25) is 4.90 Å². The van der Waals surface area contributed by atoms with E-state index in [9.17, 15) is 13.2 Å². The van der Waals surface area contributed by atoms with Crippen molar-refractivity contribution < 1.29 is 13.2 Å². The highest BCUT2D eigenvalue weighted by molar-refractivity contribution is 4.76. The van der Waals surface area contributed by atoms with Crippen molar-refractivity contribution in [3.63, 3.8) is 0 Å². The Kier molecular flexibility index (Phi) is 2.95. The lowest BCUT2D eigenvalue weighted by atomic mass is 10.2. The third kappa shape index (κ3) is 3.40. The molecule has 72 valence electrons. The Hall–Kier alpha value is -0.290. The van der Waals surface area contributed by atoms with Crippen molar-refractivity contribution in [2.75, 3.05) is 26.2 Å². The maximum absolute atomic E-state index is 11.9. The summed E-state index contributed by atoms with van der Waals surface area (Å²) in [5.74, 6) is 0. The van der Waals surface area contributed by atoms with E-state index in [-0.39, 0.29) is 6.04 Å². The summed E-state index contributed by atoms with van der Waals surface area (Å²) in [5, 5.41) is 3.09. The van der Waals surface area contributed by atoms with Gasteiger partial charge in [-0.1, -0.05) is 0 Å². The summed E-state index contributed by atoms with van der Waals surface area (Å²) in [6.45, 7) is 2.74. The van der Waals surface area contributed by atoms with Gasteiger partial charge in [-0.2, -0.15) is 13.2 Å². The summed E-state index contributed by atoms with van der Waals surface area (Å²) >= 11 is 0. The van der Waals surface area contributed by atoms with Crippen molar-refractivity contribution in [2.24, 2.45) is 0 Å². The van der Waals surface area contributed by atoms with E-state index >= 15 is 0 Å². The largest absolute Gasteiger partial charge is 0.401 e. The number of rotatable bonds is 1. The lowest BCUT2D eigenvalue weighted by Gasteiger charge is -2.32. The maximum Gasteiger partial charge on any atom is 0.401 e. The van der Waals surface area contributed by atoms with Crippen molar-refractivity contribution in [1.82, 2.24) is 10.2 Å². The molecule has 0 amide bonds. The Balaban J connectivity index is 2.32. The highest BCUT2D eigenvalue weighted by Crippen LogP contribution is 2.16. The number of halogens is 3. The van der Waals surface area contributed by atoms with E-state index in [4.69, 9.17) is 0 Å². The number of alkyl halides is 3. The van der Waals surface area contributed by atoms with Gasteiger partial charge in [-0.25, -0.2) is 0 Å². The lowest BCUT2D eigenvalue weighted by Crippen LogP contribution is -2.51. The summed E-state index contributed by atoms with van der Waals surface area (Å²) in [6.07, 6.45) is -4.06. The lowest BCUT2D eigenvalue weighted by molar-refractivity contribution is -0.147. The smallest absolute Gasteiger partial charge is 0.312 e. The van der Waals surface area contributed by atoms with Crippen molar-refractivity contribution in [2.45, 2.75) is 19.1 Å². The van der Waals surface area contributed by atoms with Crippen LogP contribution in [0.3, 0.4) is 0 Å². The van der Waals surface area contributed by atoms with Crippen LogP contribution in [0.15, 0.2) is 0 Å². The Labute approximate surface area is 69.7 Å². The zero-order valence-electron chi connectivity index (χ0n) is 6.99. The molecule has 1 N–H and O–H groups in total. The number of nitrogens with zero attached hydrogens (tertiary/aromatic N) is 1. The Bertz CT molecular complexity index is 146. The predicted octanol–water partition coefficient (Wildman–Crippen LogP) is 0.842. The van der Waals surface area contributed by atoms with Gasteiger partial charge in [0.2, 0.25) is 0 Å². The molecule has 1 saturated heterocycles. The first-order chi connectivity index (χ1) is 5.47. The normalized spacial score (nSPS) is 27.5. The molecule has 1 fully saturated rings. The van der Waals surface area contributed by atoms with Crippen molar-refractivity contribution in [3.05, 3.63) is 0 Å². The van der Waals surface area contributed by atoms with Gasteiger partial charge >= 0.3 is 6.18 Å². The quantitative estimate of drug-likeness (QED) is 0.646.